The molecular weight excluding hydrogens is 187 g/mol. The summed E-state index contributed by atoms with van der Waals surface area (Å²) in [6.45, 7) is 0.273. The zero-order valence-corrected chi connectivity index (χ0v) is 7.54. The van der Waals surface area contributed by atoms with Gasteiger partial charge in [-0.1, -0.05) is 0 Å². The summed E-state index contributed by atoms with van der Waals surface area (Å²) in [6, 6.07) is 0. The molecule has 0 aromatic heterocycles. The maximum absolute atomic E-state index is 11.9. The van der Waals surface area contributed by atoms with Gasteiger partial charge in [-0.2, -0.15) is 25.8 Å². The van der Waals surface area contributed by atoms with Crippen LogP contribution in [0.4, 0.5) is 13.2 Å². The van der Waals surface area contributed by atoms with Crippen molar-refractivity contribution in [3.63, 3.8) is 0 Å². The highest BCUT2D eigenvalue weighted by Crippen LogP contribution is 2.21. The van der Waals surface area contributed by atoms with Crippen LogP contribution in [-0.4, -0.2) is 36.0 Å². The highest BCUT2D eigenvalue weighted by Gasteiger charge is 2.31. The van der Waals surface area contributed by atoms with Gasteiger partial charge in [-0.15, -0.1) is 0 Å². The number of likely N-dealkylation sites (tertiary alicyclic amines) is 1. The zero-order chi connectivity index (χ0) is 9.19. The van der Waals surface area contributed by atoms with E-state index in [-0.39, 0.29) is 5.25 Å². The van der Waals surface area contributed by atoms with E-state index in [1.807, 2.05) is 0 Å². The molecule has 0 aromatic carbocycles. The largest absolute Gasteiger partial charge is 0.401 e. The molecule has 0 aliphatic carbocycles. The molecule has 1 aliphatic heterocycles. The van der Waals surface area contributed by atoms with Crippen LogP contribution in [0.25, 0.3) is 0 Å². The van der Waals surface area contributed by atoms with Gasteiger partial charge in [0.1, 0.15) is 0 Å². The number of halogens is 3. The Morgan fingerprint density at radius 3 is 2.17 bits per heavy atom. The summed E-state index contributed by atoms with van der Waals surface area (Å²) in [4.78, 5) is 1.44. The third-order valence-corrected chi connectivity index (χ3v) is 2.48. The van der Waals surface area contributed by atoms with Crippen molar-refractivity contribution < 1.29 is 13.2 Å². The Labute approximate surface area is 75.3 Å². The Bertz CT molecular complexity index is 140. The molecule has 5 heteroatoms. The normalized spacial score (nSPS) is 23.0. The number of thiol groups is 1. The second kappa shape index (κ2) is 3.87. The summed E-state index contributed by atoms with van der Waals surface area (Å²) in [7, 11) is 0. The first-order chi connectivity index (χ1) is 5.47. The average Bonchev–Trinajstić information content (AvgIpc) is 1.91. The van der Waals surface area contributed by atoms with Crippen LogP contribution in [0.5, 0.6) is 0 Å². The number of piperidine rings is 1. The van der Waals surface area contributed by atoms with Crippen LogP contribution >= 0.6 is 12.6 Å². The van der Waals surface area contributed by atoms with E-state index in [4.69, 9.17) is 0 Å². The average molecular weight is 199 g/mol. The third-order valence-electron chi connectivity index (χ3n) is 1.96. The fraction of sp³-hybridized carbons (Fsp3) is 1.00. The van der Waals surface area contributed by atoms with Gasteiger partial charge >= 0.3 is 6.18 Å². The van der Waals surface area contributed by atoms with E-state index < -0.39 is 12.7 Å². The predicted octanol–water partition coefficient (Wildman–Crippen LogP) is 1.94. The highest BCUT2D eigenvalue weighted by atomic mass is 32.1. The van der Waals surface area contributed by atoms with Crippen molar-refractivity contribution in [1.82, 2.24) is 4.90 Å². The smallest absolute Gasteiger partial charge is 0.295 e. The van der Waals surface area contributed by atoms with Gasteiger partial charge in [-0.3, -0.25) is 4.90 Å². The lowest BCUT2D eigenvalue weighted by Crippen LogP contribution is -2.40. The molecule has 1 heterocycles. The molecule has 12 heavy (non-hydrogen) atoms. The maximum atomic E-state index is 11.9. The number of hydrogen-bond donors (Lipinski definition) is 1. The molecule has 1 fully saturated rings. The van der Waals surface area contributed by atoms with Crippen molar-refractivity contribution in [3.8, 4) is 0 Å². The predicted molar refractivity (Wildman–Crippen MR) is 44.5 cm³/mol. The van der Waals surface area contributed by atoms with Crippen molar-refractivity contribution in [2.24, 2.45) is 0 Å². The first kappa shape index (κ1) is 10.2. The number of rotatable bonds is 1. The summed E-state index contributed by atoms with van der Waals surface area (Å²) < 4.78 is 35.6. The van der Waals surface area contributed by atoms with E-state index in [9.17, 15) is 13.2 Å². The molecule has 0 atom stereocenters. The minimum absolute atomic E-state index is 0.287. The SMILES string of the molecule is FC(F)(F)CN1CCC(S)CC1. The van der Waals surface area contributed by atoms with E-state index in [1.165, 1.54) is 4.90 Å². The molecular formula is C7H12F3NS. The van der Waals surface area contributed by atoms with Crippen LogP contribution in [0.1, 0.15) is 12.8 Å². The van der Waals surface area contributed by atoms with Crippen molar-refractivity contribution in [2.75, 3.05) is 19.6 Å². The first-order valence-corrected chi connectivity index (χ1v) is 4.46. The maximum Gasteiger partial charge on any atom is 0.401 e. The Morgan fingerprint density at radius 2 is 1.75 bits per heavy atom. The molecule has 72 valence electrons. The van der Waals surface area contributed by atoms with Gasteiger partial charge < -0.3 is 0 Å². The molecule has 1 aliphatic rings. The second-order valence-corrected chi connectivity index (χ2v) is 3.85. The summed E-state index contributed by atoms with van der Waals surface area (Å²) in [5, 5.41) is 0.287. The fourth-order valence-corrected chi connectivity index (χ4v) is 1.56. The van der Waals surface area contributed by atoms with Gasteiger partial charge in [0.05, 0.1) is 6.54 Å². The second-order valence-electron chi connectivity index (χ2n) is 3.12. The Hall–Kier alpha value is 0.100. The van der Waals surface area contributed by atoms with Crippen LogP contribution in [-0.2, 0) is 0 Å². The van der Waals surface area contributed by atoms with Gasteiger partial charge in [0.15, 0.2) is 0 Å². The number of nitrogens with zero attached hydrogens (tertiary/aromatic N) is 1. The Balaban J connectivity index is 2.26. The molecule has 0 spiro atoms. The zero-order valence-electron chi connectivity index (χ0n) is 6.64. The Morgan fingerprint density at radius 1 is 1.25 bits per heavy atom. The van der Waals surface area contributed by atoms with Gasteiger partial charge in [0.25, 0.3) is 0 Å². The molecule has 1 saturated heterocycles. The minimum atomic E-state index is -4.05. The summed E-state index contributed by atoms with van der Waals surface area (Å²) >= 11 is 4.21. The summed E-state index contributed by atoms with van der Waals surface area (Å²) in [5.41, 5.74) is 0. The van der Waals surface area contributed by atoms with Gasteiger partial charge in [0, 0.05) is 5.25 Å². The van der Waals surface area contributed by atoms with Crippen molar-refractivity contribution in [2.45, 2.75) is 24.3 Å². The topological polar surface area (TPSA) is 3.24 Å². The van der Waals surface area contributed by atoms with Gasteiger partial charge in [-0.05, 0) is 25.9 Å². The molecule has 0 saturated carbocycles. The van der Waals surface area contributed by atoms with Crippen LogP contribution in [0, 0.1) is 0 Å². The minimum Gasteiger partial charge on any atom is -0.295 e. The van der Waals surface area contributed by atoms with Crippen molar-refractivity contribution in [3.05, 3.63) is 0 Å². The van der Waals surface area contributed by atoms with Crippen molar-refractivity contribution in [1.29, 1.82) is 0 Å². The van der Waals surface area contributed by atoms with Crippen LogP contribution in [0.2, 0.25) is 0 Å². The summed E-state index contributed by atoms with van der Waals surface area (Å²) in [5.74, 6) is 0. The quantitative estimate of drug-likeness (QED) is 0.632. The lowest BCUT2D eigenvalue weighted by Gasteiger charge is -2.30. The molecule has 1 nitrogen and oxygen atoms in total. The monoisotopic (exact) mass is 199 g/mol. The van der Waals surface area contributed by atoms with Crippen LogP contribution < -0.4 is 0 Å². The highest BCUT2D eigenvalue weighted by molar-refractivity contribution is 7.80. The molecule has 0 unspecified atom stereocenters. The van der Waals surface area contributed by atoms with Crippen molar-refractivity contribution >= 4 is 12.6 Å². The van der Waals surface area contributed by atoms with E-state index in [1.54, 1.807) is 0 Å². The molecule has 0 N–H and O–H groups in total. The lowest BCUT2D eigenvalue weighted by atomic mass is 10.1. The lowest BCUT2D eigenvalue weighted by molar-refractivity contribution is -0.147. The number of hydrogen-bond acceptors (Lipinski definition) is 2. The summed E-state index contributed by atoms with van der Waals surface area (Å²) in [6.07, 6.45) is -2.53. The first-order valence-electron chi connectivity index (χ1n) is 3.94. The van der Waals surface area contributed by atoms with Crippen LogP contribution in [0.3, 0.4) is 0 Å². The standard InChI is InChI=1S/C7H12F3NS/c8-7(9,10)5-11-3-1-6(12)2-4-11/h6,12H,1-5H2. The molecule has 1 rings (SSSR count). The molecule has 0 bridgehead atoms. The van der Waals surface area contributed by atoms with E-state index in [2.05, 4.69) is 12.6 Å². The van der Waals surface area contributed by atoms with Gasteiger partial charge in [0.2, 0.25) is 0 Å². The number of alkyl halides is 3. The van der Waals surface area contributed by atoms with Crippen LogP contribution in [0.15, 0.2) is 0 Å². The third kappa shape index (κ3) is 3.67. The molecule has 0 amide bonds. The molecule has 0 radical (unpaired) electrons. The molecule has 0 aromatic rings. The fourth-order valence-electron chi connectivity index (χ4n) is 1.33. The van der Waals surface area contributed by atoms with E-state index in [0.717, 1.165) is 12.8 Å². The van der Waals surface area contributed by atoms with E-state index >= 15 is 0 Å². The van der Waals surface area contributed by atoms with Gasteiger partial charge in [-0.25, -0.2) is 0 Å². The van der Waals surface area contributed by atoms with E-state index in [0.29, 0.717) is 13.1 Å². The Kier molecular flexibility index (Phi) is 3.29.